The van der Waals surface area contributed by atoms with Gasteiger partial charge in [0.15, 0.2) is 5.13 Å². The molecular weight excluding hydrogens is 494 g/mol. The van der Waals surface area contributed by atoms with Gasteiger partial charge in [-0.05, 0) is 55.0 Å². The SMILES string of the molecule is CCc1sc(NC(=O)c2cc3cc(OC)ccc3oc2=Nc2ccccc2)nc1-c1ccc(Cl)cc1. The van der Waals surface area contributed by atoms with E-state index >= 15 is 0 Å². The van der Waals surface area contributed by atoms with Crippen molar-refractivity contribution in [2.24, 2.45) is 4.99 Å². The van der Waals surface area contributed by atoms with Crippen LogP contribution in [-0.2, 0) is 6.42 Å². The number of anilines is 1. The maximum atomic E-state index is 13.5. The van der Waals surface area contributed by atoms with Crippen LogP contribution in [0.2, 0.25) is 5.02 Å². The number of hydrogen-bond acceptors (Lipinski definition) is 6. The number of fused-ring (bicyclic) bond motifs is 1. The van der Waals surface area contributed by atoms with E-state index in [0.717, 1.165) is 27.9 Å². The average molecular weight is 516 g/mol. The highest BCUT2D eigenvalue weighted by Crippen LogP contribution is 2.32. The lowest BCUT2D eigenvalue weighted by molar-refractivity contribution is 0.102. The van der Waals surface area contributed by atoms with E-state index in [1.54, 1.807) is 25.3 Å². The molecule has 6 nitrogen and oxygen atoms in total. The Labute approximate surface area is 216 Å². The Hall–Kier alpha value is -3.94. The minimum atomic E-state index is -0.364. The molecule has 1 amide bonds. The standard InChI is InChI=1S/C28H22ClN3O3S/c1-3-24-25(17-9-11-19(29)12-10-17)31-28(36-24)32-26(33)22-16-18-15-21(34-2)13-14-23(18)35-27(22)30-20-7-5-4-6-8-20/h4-16H,3H2,1-2H3,(H,31,32,33). The molecule has 8 heteroatoms. The Morgan fingerprint density at radius 1 is 1.08 bits per heavy atom. The van der Waals surface area contributed by atoms with E-state index in [-0.39, 0.29) is 11.5 Å². The molecule has 2 heterocycles. The first-order valence-corrected chi connectivity index (χ1v) is 12.5. The summed E-state index contributed by atoms with van der Waals surface area (Å²) < 4.78 is 11.4. The van der Waals surface area contributed by atoms with Crippen LogP contribution in [0, 0.1) is 0 Å². The Morgan fingerprint density at radius 2 is 1.86 bits per heavy atom. The molecule has 5 rings (SSSR count). The number of benzene rings is 3. The zero-order chi connectivity index (χ0) is 25.1. The summed E-state index contributed by atoms with van der Waals surface area (Å²) >= 11 is 7.49. The van der Waals surface area contributed by atoms with Crippen LogP contribution in [0.3, 0.4) is 0 Å². The van der Waals surface area contributed by atoms with E-state index in [2.05, 4.69) is 17.2 Å². The molecule has 3 aromatic carbocycles. The Bertz CT molecular complexity index is 1610. The quantitative estimate of drug-likeness (QED) is 0.258. The molecule has 5 aromatic rings. The van der Waals surface area contributed by atoms with Crippen molar-refractivity contribution in [1.29, 1.82) is 0 Å². The maximum absolute atomic E-state index is 13.5. The van der Waals surface area contributed by atoms with Gasteiger partial charge in [0.2, 0.25) is 5.55 Å². The van der Waals surface area contributed by atoms with Gasteiger partial charge in [0, 0.05) is 20.8 Å². The van der Waals surface area contributed by atoms with Crippen LogP contribution in [0.1, 0.15) is 22.2 Å². The summed E-state index contributed by atoms with van der Waals surface area (Å²) in [5.74, 6) is 0.300. The fourth-order valence-electron chi connectivity index (χ4n) is 3.74. The van der Waals surface area contributed by atoms with Crippen LogP contribution >= 0.6 is 22.9 Å². The van der Waals surface area contributed by atoms with Gasteiger partial charge in [-0.2, -0.15) is 0 Å². The van der Waals surface area contributed by atoms with Gasteiger partial charge in [-0.25, -0.2) is 9.98 Å². The number of carbonyl (C=O) groups is 1. The molecule has 0 spiro atoms. The second kappa shape index (κ2) is 10.4. The number of halogens is 1. The number of nitrogens with one attached hydrogen (secondary N) is 1. The van der Waals surface area contributed by atoms with Crippen LogP contribution in [-0.4, -0.2) is 18.0 Å². The molecule has 0 fully saturated rings. The number of ether oxygens (including phenoxy) is 1. The van der Waals surface area contributed by atoms with Gasteiger partial charge >= 0.3 is 0 Å². The van der Waals surface area contributed by atoms with Crippen molar-refractivity contribution in [2.75, 3.05) is 12.4 Å². The molecule has 0 saturated carbocycles. The van der Waals surface area contributed by atoms with Crippen molar-refractivity contribution in [2.45, 2.75) is 13.3 Å². The number of hydrogen-bond donors (Lipinski definition) is 1. The number of carbonyl (C=O) groups excluding carboxylic acids is 1. The van der Waals surface area contributed by atoms with Crippen molar-refractivity contribution in [3.8, 4) is 17.0 Å². The largest absolute Gasteiger partial charge is 0.497 e. The first-order valence-electron chi connectivity index (χ1n) is 11.3. The molecule has 0 radical (unpaired) electrons. The highest BCUT2D eigenvalue weighted by molar-refractivity contribution is 7.16. The molecule has 1 N–H and O–H groups in total. The van der Waals surface area contributed by atoms with Gasteiger partial charge in [0.1, 0.15) is 16.9 Å². The molecule has 0 aliphatic carbocycles. The molecule has 0 saturated heterocycles. The summed E-state index contributed by atoms with van der Waals surface area (Å²) in [5.41, 5.74) is 3.55. The lowest BCUT2D eigenvalue weighted by Gasteiger charge is -2.06. The molecule has 0 aliphatic heterocycles. The Morgan fingerprint density at radius 3 is 2.58 bits per heavy atom. The normalized spacial score (nSPS) is 11.6. The first kappa shape index (κ1) is 23.8. The molecule has 0 aliphatic rings. The fourth-order valence-corrected chi connectivity index (χ4v) is 4.79. The zero-order valence-electron chi connectivity index (χ0n) is 19.6. The molecular formula is C28H22ClN3O3S. The van der Waals surface area contributed by atoms with Crippen molar-refractivity contribution >= 4 is 50.6 Å². The van der Waals surface area contributed by atoms with Crippen molar-refractivity contribution in [3.05, 3.63) is 99.9 Å². The number of aromatic nitrogens is 1. The lowest BCUT2D eigenvalue weighted by atomic mass is 10.1. The summed E-state index contributed by atoms with van der Waals surface area (Å²) in [7, 11) is 1.59. The van der Waals surface area contributed by atoms with E-state index in [1.165, 1.54) is 11.3 Å². The van der Waals surface area contributed by atoms with E-state index < -0.39 is 0 Å². The predicted octanol–water partition coefficient (Wildman–Crippen LogP) is 7.27. The number of nitrogens with zero attached hydrogens (tertiary/aromatic N) is 2. The van der Waals surface area contributed by atoms with Crippen molar-refractivity contribution in [3.63, 3.8) is 0 Å². The fraction of sp³-hybridized carbons (Fsp3) is 0.107. The molecule has 0 bridgehead atoms. The number of amides is 1. The minimum Gasteiger partial charge on any atom is -0.497 e. The monoisotopic (exact) mass is 515 g/mol. The zero-order valence-corrected chi connectivity index (χ0v) is 21.2. The summed E-state index contributed by atoms with van der Waals surface area (Å²) in [6.45, 7) is 2.06. The average Bonchev–Trinajstić information content (AvgIpc) is 3.31. The summed E-state index contributed by atoms with van der Waals surface area (Å²) in [6, 6.07) is 24.0. The highest BCUT2D eigenvalue weighted by Gasteiger charge is 2.18. The summed E-state index contributed by atoms with van der Waals surface area (Å²) in [6.07, 6.45) is 0.783. The molecule has 0 unspecified atom stereocenters. The summed E-state index contributed by atoms with van der Waals surface area (Å²) in [4.78, 5) is 23.9. The van der Waals surface area contributed by atoms with Crippen LogP contribution in [0.15, 0.2) is 88.3 Å². The predicted molar refractivity (Wildman–Crippen MR) is 144 cm³/mol. The Kier molecular flexibility index (Phi) is 6.84. The van der Waals surface area contributed by atoms with Gasteiger partial charge < -0.3 is 9.15 Å². The van der Waals surface area contributed by atoms with E-state index in [9.17, 15) is 4.79 Å². The van der Waals surface area contributed by atoms with E-state index in [1.807, 2.05) is 60.7 Å². The van der Waals surface area contributed by atoms with Gasteiger partial charge in [-0.1, -0.05) is 48.9 Å². The maximum Gasteiger partial charge on any atom is 0.262 e. The van der Waals surface area contributed by atoms with E-state index in [4.69, 9.17) is 25.7 Å². The third-order valence-corrected chi connectivity index (χ3v) is 6.91. The third-order valence-electron chi connectivity index (χ3n) is 5.54. The van der Waals surface area contributed by atoms with Crippen LogP contribution in [0.25, 0.3) is 22.2 Å². The van der Waals surface area contributed by atoms with Gasteiger partial charge in [-0.15, -0.1) is 11.3 Å². The number of rotatable bonds is 6. The topological polar surface area (TPSA) is 76.7 Å². The molecule has 36 heavy (non-hydrogen) atoms. The van der Waals surface area contributed by atoms with Crippen LogP contribution < -0.4 is 15.6 Å². The molecule has 180 valence electrons. The second-order valence-corrected chi connectivity index (χ2v) is 9.44. The van der Waals surface area contributed by atoms with Gasteiger partial charge in [0.25, 0.3) is 5.91 Å². The van der Waals surface area contributed by atoms with Gasteiger partial charge in [0.05, 0.1) is 18.5 Å². The van der Waals surface area contributed by atoms with Crippen molar-refractivity contribution in [1.82, 2.24) is 4.98 Å². The van der Waals surface area contributed by atoms with Crippen LogP contribution in [0.4, 0.5) is 10.8 Å². The van der Waals surface area contributed by atoms with E-state index in [0.29, 0.717) is 32.7 Å². The third kappa shape index (κ3) is 5.03. The Balaban J connectivity index is 1.56. The first-order chi connectivity index (χ1) is 17.5. The number of aryl methyl sites for hydroxylation is 1. The molecule has 0 atom stereocenters. The summed E-state index contributed by atoms with van der Waals surface area (Å²) in [5, 5.41) is 4.83. The minimum absolute atomic E-state index is 0.210. The lowest BCUT2D eigenvalue weighted by Crippen LogP contribution is -2.21. The highest BCUT2D eigenvalue weighted by atomic mass is 35.5. The number of methoxy groups -OCH3 is 1. The number of thiazole rings is 1. The van der Waals surface area contributed by atoms with Gasteiger partial charge in [-0.3, -0.25) is 10.1 Å². The number of para-hydroxylation sites is 1. The second-order valence-electron chi connectivity index (χ2n) is 7.92. The molecule has 2 aromatic heterocycles. The van der Waals surface area contributed by atoms with Crippen molar-refractivity contribution < 1.29 is 13.9 Å². The van der Waals surface area contributed by atoms with Crippen LogP contribution in [0.5, 0.6) is 5.75 Å². The smallest absolute Gasteiger partial charge is 0.262 e.